The Labute approximate surface area is 217 Å². The van der Waals surface area contributed by atoms with Crippen LogP contribution in [0.5, 0.6) is 0 Å². The number of hydrogen-bond donors (Lipinski definition) is 2. The van der Waals surface area contributed by atoms with Crippen LogP contribution in [0.3, 0.4) is 0 Å². The van der Waals surface area contributed by atoms with Crippen molar-refractivity contribution in [2.75, 3.05) is 17.2 Å². The fraction of sp³-hybridized carbons (Fsp3) is 0.556. The van der Waals surface area contributed by atoms with Crippen molar-refractivity contribution in [2.45, 2.75) is 70.4 Å². The summed E-state index contributed by atoms with van der Waals surface area (Å²) in [7, 11) is 0. The largest absolute Gasteiger partial charge is 0.384 e. The highest BCUT2D eigenvalue weighted by Gasteiger charge is 2.56. The summed E-state index contributed by atoms with van der Waals surface area (Å²) in [6.45, 7) is 2.13. The number of pyridine rings is 1. The minimum atomic E-state index is -0.947. The molecule has 1 aliphatic heterocycles. The number of rotatable bonds is 8. The molecule has 10 nitrogen and oxygen atoms in total. The molecule has 3 heterocycles. The highest BCUT2D eigenvalue weighted by Crippen LogP contribution is 2.41. The van der Waals surface area contributed by atoms with Crippen molar-refractivity contribution < 1.29 is 14.4 Å². The highest BCUT2D eigenvalue weighted by atomic mass is 16.2. The molecule has 0 bridgehead atoms. The number of β-lactam (4-membered cyclic amide) rings is 1. The average molecular weight is 506 g/mol. The van der Waals surface area contributed by atoms with E-state index in [4.69, 9.17) is 5.73 Å². The Kier molecular flexibility index (Phi) is 7.34. The highest BCUT2D eigenvalue weighted by molar-refractivity contribution is 6.12. The molecule has 10 heteroatoms. The quantitative estimate of drug-likeness (QED) is 0.527. The van der Waals surface area contributed by atoms with Gasteiger partial charge in [-0.15, -0.1) is 0 Å². The van der Waals surface area contributed by atoms with Gasteiger partial charge in [-0.2, -0.15) is 0 Å². The average Bonchev–Trinajstić information content (AvgIpc) is 3.75. The minimum absolute atomic E-state index is 0.0510. The number of carbonyl (C=O) groups is 3. The number of hydrogen-bond acceptors (Lipinski definition) is 7. The molecule has 2 aliphatic carbocycles. The molecule has 2 aromatic rings. The Hall–Kier alpha value is -3.56. The second-order valence-corrected chi connectivity index (χ2v) is 10.4. The molecular weight excluding hydrogens is 470 g/mol. The lowest BCUT2D eigenvalue weighted by Crippen LogP contribution is -2.71. The van der Waals surface area contributed by atoms with Crippen molar-refractivity contribution in [1.82, 2.24) is 25.2 Å². The zero-order valence-electron chi connectivity index (χ0n) is 21.3. The number of likely N-dealkylation sites (tertiary alicyclic amines) is 1. The number of nitrogens with one attached hydrogen (secondary N) is 1. The van der Waals surface area contributed by atoms with Gasteiger partial charge in [0, 0.05) is 31.2 Å². The molecule has 3 fully saturated rings. The minimum Gasteiger partial charge on any atom is -0.384 e. The number of aromatic nitrogens is 3. The van der Waals surface area contributed by atoms with E-state index in [1.807, 2.05) is 6.92 Å². The first kappa shape index (κ1) is 25.1. The van der Waals surface area contributed by atoms with Gasteiger partial charge in [0.05, 0.1) is 5.92 Å². The summed E-state index contributed by atoms with van der Waals surface area (Å²) < 4.78 is 0. The number of nitrogens with two attached hydrogens (primary N) is 1. The van der Waals surface area contributed by atoms with Crippen LogP contribution in [-0.2, 0) is 16.0 Å². The molecule has 3 N–H and O–H groups in total. The van der Waals surface area contributed by atoms with Gasteiger partial charge < -0.3 is 11.1 Å². The lowest BCUT2D eigenvalue weighted by molar-refractivity contribution is -0.156. The number of amides is 4. The number of anilines is 2. The van der Waals surface area contributed by atoms with Gasteiger partial charge in [0.25, 0.3) is 5.91 Å². The molecule has 5 rings (SSSR count). The SMILES string of the molecule is CCN(C(=O)[C@@H]1[C@@H](Cc2ccnc(N)c2)C(=O)N1C(=O)NC(C1CCCCC1)C1CC1)c1ncccn1. The summed E-state index contributed by atoms with van der Waals surface area (Å²) >= 11 is 0. The van der Waals surface area contributed by atoms with Crippen molar-refractivity contribution in [3.05, 3.63) is 42.4 Å². The lowest BCUT2D eigenvalue weighted by Gasteiger charge is -2.46. The number of likely N-dealkylation sites (N-methyl/N-ethyl adjacent to an activating group) is 1. The molecule has 2 saturated carbocycles. The smallest absolute Gasteiger partial charge is 0.325 e. The van der Waals surface area contributed by atoms with Gasteiger partial charge in [0.15, 0.2) is 0 Å². The van der Waals surface area contributed by atoms with Gasteiger partial charge >= 0.3 is 6.03 Å². The van der Waals surface area contributed by atoms with E-state index in [1.54, 1.807) is 36.8 Å². The maximum Gasteiger partial charge on any atom is 0.325 e. The molecule has 0 aromatic carbocycles. The number of nitrogens with zero attached hydrogens (tertiary/aromatic N) is 5. The Morgan fingerprint density at radius 1 is 1.08 bits per heavy atom. The van der Waals surface area contributed by atoms with Crippen LogP contribution < -0.4 is 16.0 Å². The molecule has 0 spiro atoms. The zero-order valence-corrected chi connectivity index (χ0v) is 21.3. The molecule has 1 unspecified atom stereocenters. The van der Waals surface area contributed by atoms with Crippen LogP contribution in [-0.4, -0.2) is 56.3 Å². The standard InChI is InChI=1S/C27H35N7O3/c1-2-33(26-30-12-6-13-31-26)25(36)23-20(15-17-11-14-29-21(28)16-17)24(35)34(23)27(37)32-22(19-9-10-19)18-7-4-3-5-8-18/h6,11-14,16,18-20,22-23H,2-5,7-10,15H2,1H3,(H2,28,29)(H,32,37)/t20-,22?,23+/m1/s1. The van der Waals surface area contributed by atoms with Crippen LogP contribution >= 0.6 is 0 Å². The Morgan fingerprint density at radius 3 is 2.43 bits per heavy atom. The third-order valence-corrected chi connectivity index (χ3v) is 7.94. The molecule has 0 radical (unpaired) electrons. The molecule has 3 aliphatic rings. The molecule has 196 valence electrons. The van der Waals surface area contributed by atoms with E-state index in [0.717, 1.165) is 36.1 Å². The lowest BCUT2D eigenvalue weighted by atomic mass is 9.80. The van der Waals surface area contributed by atoms with Crippen molar-refractivity contribution in [3.63, 3.8) is 0 Å². The fourth-order valence-electron chi connectivity index (χ4n) is 5.90. The predicted octanol–water partition coefficient (Wildman–Crippen LogP) is 2.94. The van der Waals surface area contributed by atoms with E-state index in [1.165, 1.54) is 24.2 Å². The third-order valence-electron chi connectivity index (χ3n) is 7.94. The van der Waals surface area contributed by atoms with Gasteiger partial charge in [0.1, 0.15) is 11.9 Å². The molecule has 37 heavy (non-hydrogen) atoms. The first-order valence-corrected chi connectivity index (χ1v) is 13.4. The molecule has 3 atom stereocenters. The second-order valence-electron chi connectivity index (χ2n) is 10.4. The number of nitrogen functional groups attached to an aromatic ring is 1. The number of urea groups is 1. The zero-order chi connectivity index (χ0) is 25.9. The van der Waals surface area contributed by atoms with Crippen LogP contribution in [0.15, 0.2) is 36.8 Å². The normalized spacial score (nSPS) is 22.7. The number of carbonyl (C=O) groups excluding carboxylic acids is 3. The van der Waals surface area contributed by atoms with E-state index in [2.05, 4.69) is 20.3 Å². The molecule has 2 aromatic heterocycles. The Balaban J connectivity index is 1.39. The summed E-state index contributed by atoms with van der Waals surface area (Å²) in [4.78, 5) is 55.9. The monoisotopic (exact) mass is 505 g/mol. The number of imide groups is 1. The molecule has 4 amide bonds. The van der Waals surface area contributed by atoms with E-state index in [-0.39, 0.29) is 30.2 Å². The van der Waals surface area contributed by atoms with E-state index >= 15 is 0 Å². The van der Waals surface area contributed by atoms with Gasteiger partial charge in [-0.05, 0) is 74.6 Å². The van der Waals surface area contributed by atoms with Crippen LogP contribution in [0.4, 0.5) is 16.6 Å². The van der Waals surface area contributed by atoms with Gasteiger partial charge in [-0.1, -0.05) is 19.3 Å². The first-order chi connectivity index (χ1) is 18.0. The van der Waals surface area contributed by atoms with Gasteiger partial charge in [-0.3, -0.25) is 19.4 Å². The van der Waals surface area contributed by atoms with Crippen LogP contribution in [0, 0.1) is 17.8 Å². The van der Waals surface area contributed by atoms with Gasteiger partial charge in [0.2, 0.25) is 11.9 Å². The van der Waals surface area contributed by atoms with E-state index in [9.17, 15) is 14.4 Å². The Morgan fingerprint density at radius 2 is 1.78 bits per heavy atom. The topological polar surface area (TPSA) is 134 Å². The first-order valence-electron chi connectivity index (χ1n) is 13.4. The summed E-state index contributed by atoms with van der Waals surface area (Å²) in [5.74, 6) is 0.0701. The summed E-state index contributed by atoms with van der Waals surface area (Å²) in [6.07, 6.45) is 13.0. The van der Waals surface area contributed by atoms with Crippen LogP contribution in [0.2, 0.25) is 0 Å². The van der Waals surface area contributed by atoms with Crippen LogP contribution in [0.25, 0.3) is 0 Å². The van der Waals surface area contributed by atoms with Crippen molar-refractivity contribution in [3.8, 4) is 0 Å². The maximum atomic E-state index is 13.9. The summed E-state index contributed by atoms with van der Waals surface area (Å²) in [6, 6.07) is 3.78. The second kappa shape index (κ2) is 10.8. The third kappa shape index (κ3) is 5.28. The van der Waals surface area contributed by atoms with Crippen molar-refractivity contribution >= 4 is 29.6 Å². The van der Waals surface area contributed by atoms with Crippen molar-refractivity contribution in [2.24, 2.45) is 17.8 Å². The summed E-state index contributed by atoms with van der Waals surface area (Å²) in [5.41, 5.74) is 6.63. The van der Waals surface area contributed by atoms with Crippen molar-refractivity contribution in [1.29, 1.82) is 0 Å². The van der Waals surface area contributed by atoms with E-state index < -0.39 is 18.0 Å². The van der Waals surface area contributed by atoms with E-state index in [0.29, 0.717) is 24.2 Å². The summed E-state index contributed by atoms with van der Waals surface area (Å²) in [5, 5.41) is 3.19. The van der Waals surface area contributed by atoms with Gasteiger partial charge in [-0.25, -0.2) is 19.7 Å². The van der Waals surface area contributed by atoms with Crippen LogP contribution in [0.1, 0.15) is 57.4 Å². The molecular formula is C27H35N7O3. The fourth-order valence-corrected chi connectivity index (χ4v) is 5.90. The Bertz CT molecular complexity index is 1130. The molecule has 1 saturated heterocycles. The predicted molar refractivity (Wildman–Crippen MR) is 138 cm³/mol. The maximum absolute atomic E-state index is 13.9.